The molecule has 2 N–H and O–H groups in total. The largest absolute Gasteiger partial charge is 0.329 e. The number of unbranched alkanes of at least 4 members (excludes halogenated alkanes) is 3. The van der Waals surface area contributed by atoms with E-state index in [0.717, 1.165) is 54.1 Å². The average molecular weight is 496 g/mol. The molecule has 2 heterocycles. The third kappa shape index (κ3) is 5.02. The number of rotatable bonds is 11. The van der Waals surface area contributed by atoms with Crippen LogP contribution in [-0.4, -0.2) is 52.0 Å². The number of aryl methyl sites for hydroxylation is 1. The molecule has 3 fully saturated rings. The fourth-order valence-electron chi connectivity index (χ4n) is 6.63. The number of fused-ring (bicyclic) bond motifs is 1. The van der Waals surface area contributed by atoms with Crippen LogP contribution in [0.2, 0.25) is 0 Å². The van der Waals surface area contributed by atoms with Crippen molar-refractivity contribution in [1.82, 2.24) is 24.7 Å². The number of imide groups is 1. The van der Waals surface area contributed by atoms with Crippen LogP contribution >= 0.6 is 0 Å². The Morgan fingerprint density at radius 1 is 1.11 bits per heavy atom. The van der Waals surface area contributed by atoms with E-state index >= 15 is 0 Å². The van der Waals surface area contributed by atoms with E-state index in [4.69, 9.17) is 0 Å². The highest BCUT2D eigenvalue weighted by atomic mass is 16.2. The molecular formula is C28H41N5O3. The van der Waals surface area contributed by atoms with Crippen LogP contribution in [-0.2, 0) is 23.2 Å². The lowest BCUT2D eigenvalue weighted by Crippen LogP contribution is -2.52. The maximum atomic E-state index is 13.1. The van der Waals surface area contributed by atoms with Crippen LogP contribution in [0.3, 0.4) is 0 Å². The van der Waals surface area contributed by atoms with Crippen molar-refractivity contribution in [2.75, 3.05) is 20.1 Å². The van der Waals surface area contributed by atoms with Crippen LogP contribution in [0.4, 0.5) is 0 Å². The average Bonchev–Trinajstić information content (AvgIpc) is 3.04. The highest BCUT2D eigenvalue weighted by Crippen LogP contribution is 2.55. The normalized spacial score (nSPS) is 21.7. The van der Waals surface area contributed by atoms with Crippen molar-refractivity contribution in [3.8, 4) is 0 Å². The predicted octanol–water partition coefficient (Wildman–Crippen LogP) is 3.23. The topological polar surface area (TPSA) is 88.4 Å². The van der Waals surface area contributed by atoms with E-state index in [9.17, 15) is 14.4 Å². The number of nitrogens with one attached hydrogen (secondary N) is 2. The quantitative estimate of drug-likeness (QED) is 0.369. The monoisotopic (exact) mass is 495 g/mol. The Kier molecular flexibility index (Phi) is 7.35. The van der Waals surface area contributed by atoms with Crippen molar-refractivity contribution in [3.63, 3.8) is 0 Å². The first-order valence-corrected chi connectivity index (χ1v) is 13.8. The van der Waals surface area contributed by atoms with Gasteiger partial charge >= 0.3 is 5.69 Å². The fourth-order valence-corrected chi connectivity index (χ4v) is 6.63. The minimum Gasteiger partial charge on any atom is -0.314 e. The molecule has 8 heteroatoms. The van der Waals surface area contributed by atoms with Crippen molar-refractivity contribution in [2.45, 2.75) is 89.3 Å². The number of hydrogen-bond donors (Lipinski definition) is 2. The summed E-state index contributed by atoms with van der Waals surface area (Å²) < 4.78 is 3.20. The van der Waals surface area contributed by atoms with Gasteiger partial charge in [0.25, 0.3) is 0 Å². The summed E-state index contributed by atoms with van der Waals surface area (Å²) in [5.74, 6) is -0.670. The minimum absolute atomic E-state index is 0.215. The molecule has 2 saturated carbocycles. The maximum absolute atomic E-state index is 13.1. The van der Waals surface area contributed by atoms with Gasteiger partial charge in [0.2, 0.25) is 11.8 Å². The molecule has 2 aliphatic carbocycles. The molecule has 5 rings (SSSR count). The van der Waals surface area contributed by atoms with Gasteiger partial charge in [-0.3, -0.25) is 24.0 Å². The van der Waals surface area contributed by atoms with Gasteiger partial charge in [0.05, 0.1) is 11.0 Å². The Labute approximate surface area is 213 Å². The zero-order valence-corrected chi connectivity index (χ0v) is 21.9. The van der Waals surface area contributed by atoms with Crippen LogP contribution in [0, 0.1) is 5.41 Å². The van der Waals surface area contributed by atoms with Crippen molar-refractivity contribution < 1.29 is 9.59 Å². The number of hydrogen-bond acceptors (Lipinski definition) is 5. The molecule has 196 valence electrons. The number of carbonyl (C=O) groups is 2. The van der Waals surface area contributed by atoms with Crippen LogP contribution < -0.4 is 16.3 Å². The summed E-state index contributed by atoms with van der Waals surface area (Å²) in [5.41, 5.74) is 3.24. The zero-order chi connectivity index (χ0) is 25.3. The lowest BCUT2D eigenvalue weighted by atomic mass is 9.54. The van der Waals surface area contributed by atoms with Crippen LogP contribution in [0.5, 0.6) is 0 Å². The molecule has 1 aromatic heterocycles. The van der Waals surface area contributed by atoms with Gasteiger partial charge in [-0.15, -0.1) is 0 Å². The van der Waals surface area contributed by atoms with Crippen LogP contribution in [0.25, 0.3) is 11.0 Å². The maximum Gasteiger partial charge on any atom is 0.329 e. The molecule has 1 unspecified atom stereocenters. The lowest BCUT2D eigenvalue weighted by molar-refractivity contribution is -0.135. The molecule has 2 aromatic rings. The fraction of sp³-hybridized carbons (Fsp3) is 0.679. The van der Waals surface area contributed by atoms with Gasteiger partial charge in [0.1, 0.15) is 6.04 Å². The van der Waals surface area contributed by atoms with Crippen molar-refractivity contribution in [1.29, 1.82) is 0 Å². The number of piperidine rings is 1. The first-order chi connectivity index (χ1) is 17.4. The Hall–Kier alpha value is -2.45. The molecule has 8 nitrogen and oxygen atoms in total. The molecule has 36 heavy (non-hydrogen) atoms. The van der Waals surface area contributed by atoms with E-state index in [1.165, 1.54) is 51.4 Å². The first-order valence-electron chi connectivity index (χ1n) is 13.8. The van der Waals surface area contributed by atoms with E-state index in [1.807, 2.05) is 12.1 Å². The molecule has 1 atom stereocenters. The SMILES string of the molecule is CN(CCCCCCNC1CC2(CCC2)C1)Cc1cccc2c1n(C)c(=O)n2C1CCC(=O)NC1=O. The highest BCUT2D eigenvalue weighted by Gasteiger charge is 2.47. The van der Waals surface area contributed by atoms with Gasteiger partial charge in [0, 0.05) is 26.1 Å². The summed E-state index contributed by atoms with van der Waals surface area (Å²) in [7, 11) is 3.89. The third-order valence-corrected chi connectivity index (χ3v) is 8.82. The molecule has 3 aliphatic rings. The summed E-state index contributed by atoms with van der Waals surface area (Å²) in [6.45, 7) is 2.91. The number of para-hydroxylation sites is 1. The number of imidazole rings is 1. The predicted molar refractivity (Wildman–Crippen MR) is 141 cm³/mol. The highest BCUT2D eigenvalue weighted by molar-refractivity contribution is 6.00. The molecule has 0 radical (unpaired) electrons. The van der Waals surface area contributed by atoms with Gasteiger partial charge in [-0.05, 0) is 82.1 Å². The molecule has 1 aliphatic heterocycles. The van der Waals surface area contributed by atoms with E-state index in [2.05, 4.69) is 28.6 Å². The summed E-state index contributed by atoms with van der Waals surface area (Å²) in [4.78, 5) is 39.5. The molecular weight excluding hydrogens is 454 g/mol. The second-order valence-corrected chi connectivity index (χ2v) is 11.5. The summed E-state index contributed by atoms with van der Waals surface area (Å²) >= 11 is 0. The van der Waals surface area contributed by atoms with Crippen molar-refractivity contribution >= 4 is 22.8 Å². The Balaban J connectivity index is 1.10. The Morgan fingerprint density at radius 2 is 1.89 bits per heavy atom. The third-order valence-electron chi connectivity index (χ3n) is 8.82. The van der Waals surface area contributed by atoms with E-state index in [-0.39, 0.29) is 18.0 Å². The molecule has 1 saturated heterocycles. The summed E-state index contributed by atoms with van der Waals surface area (Å²) in [6.07, 6.45) is 12.7. The smallest absolute Gasteiger partial charge is 0.314 e. The molecule has 1 aromatic carbocycles. The van der Waals surface area contributed by atoms with Gasteiger partial charge in [-0.25, -0.2) is 4.79 Å². The molecule has 0 bridgehead atoms. The number of nitrogens with zero attached hydrogens (tertiary/aromatic N) is 3. The Morgan fingerprint density at radius 3 is 2.61 bits per heavy atom. The van der Waals surface area contributed by atoms with E-state index in [1.54, 1.807) is 16.2 Å². The second-order valence-electron chi connectivity index (χ2n) is 11.5. The number of aromatic nitrogens is 2. The Bertz CT molecular complexity index is 1170. The van der Waals surface area contributed by atoms with Gasteiger partial charge in [-0.2, -0.15) is 0 Å². The van der Waals surface area contributed by atoms with Crippen molar-refractivity contribution in [2.24, 2.45) is 12.5 Å². The summed E-state index contributed by atoms with van der Waals surface area (Å²) in [5, 5.41) is 6.13. The molecule has 2 amide bonds. The number of carbonyl (C=O) groups excluding carboxylic acids is 2. The van der Waals surface area contributed by atoms with Gasteiger partial charge in [0.15, 0.2) is 0 Å². The van der Waals surface area contributed by atoms with E-state index < -0.39 is 11.9 Å². The lowest BCUT2D eigenvalue weighted by Gasteiger charge is -2.54. The number of amides is 2. The first kappa shape index (κ1) is 25.2. The standard InChI is InChI=1S/C28H41N5O3/c1-31(16-6-4-3-5-15-29-21-17-28(18-21)13-8-14-28)19-20-9-7-10-22-25(20)32(2)27(36)33(22)23-11-12-24(34)30-26(23)35/h7,9-10,21,23,29H,3-6,8,11-19H2,1-2H3,(H,30,34,35). The summed E-state index contributed by atoms with van der Waals surface area (Å²) in [6, 6.07) is 6.04. The zero-order valence-electron chi connectivity index (χ0n) is 21.9. The second kappa shape index (κ2) is 10.5. The van der Waals surface area contributed by atoms with Gasteiger partial charge < -0.3 is 10.2 Å². The minimum atomic E-state index is -0.648. The van der Waals surface area contributed by atoms with Gasteiger partial charge in [-0.1, -0.05) is 31.4 Å². The van der Waals surface area contributed by atoms with Crippen LogP contribution in [0.1, 0.15) is 82.2 Å². The van der Waals surface area contributed by atoms with E-state index in [0.29, 0.717) is 6.42 Å². The van der Waals surface area contributed by atoms with Crippen molar-refractivity contribution in [3.05, 3.63) is 34.2 Å². The van der Waals surface area contributed by atoms with Crippen LogP contribution in [0.15, 0.2) is 23.0 Å². The number of benzene rings is 1. The molecule has 1 spiro atoms.